The first kappa shape index (κ1) is 21.4. The number of rotatable bonds is 10. The lowest BCUT2D eigenvalue weighted by Gasteiger charge is -2.09. The van der Waals surface area contributed by atoms with Crippen LogP contribution < -0.4 is 10.2 Å². The Bertz CT molecular complexity index is 811. The zero-order chi connectivity index (χ0) is 20.2. The molecule has 0 aliphatic heterocycles. The van der Waals surface area contributed by atoms with Crippen molar-refractivity contribution in [3.8, 4) is 5.75 Å². The van der Waals surface area contributed by atoms with E-state index < -0.39 is 0 Å². The number of nitrogens with one attached hydrogen (secondary N) is 1. The predicted octanol–water partition coefficient (Wildman–Crippen LogP) is 5.45. The second kappa shape index (κ2) is 11.8. The number of benzene rings is 2. The summed E-state index contributed by atoms with van der Waals surface area (Å²) < 4.78 is 5.61. The van der Waals surface area contributed by atoms with Gasteiger partial charge in [0.1, 0.15) is 5.75 Å². The molecule has 0 radical (unpaired) electrons. The molecule has 4 nitrogen and oxygen atoms in total. The molecule has 0 aromatic heterocycles. The van der Waals surface area contributed by atoms with Crippen LogP contribution in [0, 0.1) is 13.8 Å². The summed E-state index contributed by atoms with van der Waals surface area (Å²) in [5.41, 5.74) is 6.89. The van der Waals surface area contributed by atoms with Crippen LogP contribution in [0.4, 0.5) is 0 Å². The van der Waals surface area contributed by atoms with Crippen molar-refractivity contribution < 1.29 is 9.53 Å². The molecule has 28 heavy (non-hydrogen) atoms. The van der Waals surface area contributed by atoms with Gasteiger partial charge in [0.2, 0.25) is 0 Å². The first-order valence-corrected chi connectivity index (χ1v) is 9.86. The molecule has 0 heterocycles. The minimum Gasteiger partial charge on any atom is -0.483 e. The molecule has 1 amide bonds. The number of carbonyl (C=O) groups is 1. The van der Waals surface area contributed by atoms with Gasteiger partial charge in [-0.15, -0.1) is 0 Å². The van der Waals surface area contributed by atoms with E-state index in [-0.39, 0.29) is 12.5 Å². The third-order valence-electron chi connectivity index (χ3n) is 4.34. The van der Waals surface area contributed by atoms with E-state index in [1.807, 2.05) is 50.2 Å². The molecule has 0 saturated carbocycles. The fourth-order valence-corrected chi connectivity index (χ4v) is 2.74. The molecule has 0 fully saturated rings. The quantitative estimate of drug-likeness (QED) is 0.340. The van der Waals surface area contributed by atoms with Crippen LogP contribution in [0.5, 0.6) is 5.75 Å². The Labute approximate surface area is 168 Å². The van der Waals surface area contributed by atoms with E-state index in [0.717, 1.165) is 40.9 Å². The number of ether oxygens (including phenoxy) is 1. The van der Waals surface area contributed by atoms with E-state index in [4.69, 9.17) is 4.74 Å². The standard InChI is InChI=1S/C24H30N2O2/c1-4-5-7-12-22(16-21-10-8-6-9-11-21)17-25-26-24(27)18-28-23-15-19(2)13-14-20(23)3/h6,8-11,13-17H,4-5,7,12,18H2,1-3H3,(H,26,27)/b22-16+,25-17-. The Balaban J connectivity index is 1.91. The highest BCUT2D eigenvalue weighted by Crippen LogP contribution is 2.18. The summed E-state index contributed by atoms with van der Waals surface area (Å²) in [6, 6.07) is 16.1. The van der Waals surface area contributed by atoms with Crippen LogP contribution in [0.3, 0.4) is 0 Å². The van der Waals surface area contributed by atoms with Gasteiger partial charge >= 0.3 is 0 Å². The summed E-state index contributed by atoms with van der Waals surface area (Å²) in [6.45, 7) is 6.08. The van der Waals surface area contributed by atoms with Crippen molar-refractivity contribution in [2.75, 3.05) is 6.61 Å². The molecular formula is C24H30N2O2. The topological polar surface area (TPSA) is 50.7 Å². The molecule has 1 N–H and O–H groups in total. The summed E-state index contributed by atoms with van der Waals surface area (Å²) >= 11 is 0. The van der Waals surface area contributed by atoms with Crippen LogP contribution in [0.25, 0.3) is 6.08 Å². The smallest absolute Gasteiger partial charge is 0.277 e. The monoisotopic (exact) mass is 378 g/mol. The maximum atomic E-state index is 12.0. The Morgan fingerprint density at radius 3 is 2.64 bits per heavy atom. The number of allylic oxidation sites excluding steroid dienone is 1. The molecule has 0 spiro atoms. The van der Waals surface area contributed by atoms with Gasteiger partial charge in [-0.25, -0.2) is 5.43 Å². The molecule has 0 atom stereocenters. The van der Waals surface area contributed by atoms with E-state index in [9.17, 15) is 4.79 Å². The molecule has 0 aliphatic rings. The predicted molar refractivity (Wildman–Crippen MR) is 117 cm³/mol. The molecule has 2 aromatic carbocycles. The van der Waals surface area contributed by atoms with Crippen molar-refractivity contribution in [3.05, 3.63) is 70.8 Å². The van der Waals surface area contributed by atoms with Crippen molar-refractivity contribution in [1.29, 1.82) is 0 Å². The van der Waals surface area contributed by atoms with Crippen LogP contribution in [-0.4, -0.2) is 18.7 Å². The Hall–Kier alpha value is -2.88. The molecule has 2 aromatic rings. The van der Waals surface area contributed by atoms with Crippen molar-refractivity contribution >= 4 is 18.2 Å². The van der Waals surface area contributed by atoms with Crippen LogP contribution >= 0.6 is 0 Å². The van der Waals surface area contributed by atoms with Gasteiger partial charge in [0.05, 0.1) is 6.21 Å². The molecule has 2 rings (SSSR count). The second-order valence-corrected chi connectivity index (χ2v) is 6.94. The van der Waals surface area contributed by atoms with Gasteiger partial charge in [0.25, 0.3) is 5.91 Å². The Kier molecular flexibility index (Phi) is 8.99. The van der Waals surface area contributed by atoms with E-state index in [2.05, 4.69) is 35.7 Å². The average Bonchev–Trinajstić information content (AvgIpc) is 2.69. The minimum absolute atomic E-state index is 0.0603. The lowest BCUT2D eigenvalue weighted by Crippen LogP contribution is -2.24. The van der Waals surface area contributed by atoms with Crippen LogP contribution in [0.15, 0.2) is 59.2 Å². The lowest BCUT2D eigenvalue weighted by atomic mass is 10.1. The average molecular weight is 379 g/mol. The maximum Gasteiger partial charge on any atom is 0.277 e. The summed E-state index contributed by atoms with van der Waals surface area (Å²) in [6.07, 6.45) is 8.22. The van der Waals surface area contributed by atoms with Crippen molar-refractivity contribution in [2.45, 2.75) is 46.5 Å². The number of carbonyl (C=O) groups excluding carboxylic acids is 1. The third kappa shape index (κ3) is 7.78. The second-order valence-electron chi connectivity index (χ2n) is 6.94. The normalized spacial score (nSPS) is 11.6. The first-order chi connectivity index (χ1) is 13.6. The van der Waals surface area contributed by atoms with E-state index in [0.29, 0.717) is 0 Å². The van der Waals surface area contributed by atoms with E-state index >= 15 is 0 Å². The zero-order valence-corrected chi connectivity index (χ0v) is 17.1. The molecule has 0 bridgehead atoms. The van der Waals surface area contributed by atoms with Gasteiger partial charge in [-0.05, 0) is 55.0 Å². The Morgan fingerprint density at radius 2 is 1.89 bits per heavy atom. The molecule has 148 valence electrons. The number of hydrogen-bond acceptors (Lipinski definition) is 3. The molecule has 0 unspecified atom stereocenters. The van der Waals surface area contributed by atoms with Crippen LogP contribution in [-0.2, 0) is 4.79 Å². The summed E-state index contributed by atoms with van der Waals surface area (Å²) in [7, 11) is 0. The van der Waals surface area contributed by atoms with Gasteiger partial charge in [-0.3, -0.25) is 4.79 Å². The maximum absolute atomic E-state index is 12.0. The van der Waals surface area contributed by atoms with Gasteiger partial charge < -0.3 is 4.74 Å². The number of nitrogens with zero attached hydrogens (tertiary/aromatic N) is 1. The summed E-state index contributed by atoms with van der Waals surface area (Å²) in [5, 5.41) is 4.13. The Morgan fingerprint density at radius 1 is 1.11 bits per heavy atom. The molecule has 0 aliphatic carbocycles. The fourth-order valence-electron chi connectivity index (χ4n) is 2.74. The minimum atomic E-state index is -0.273. The highest BCUT2D eigenvalue weighted by Gasteiger charge is 2.04. The number of aryl methyl sites for hydroxylation is 2. The fraction of sp³-hybridized carbons (Fsp3) is 0.333. The van der Waals surface area contributed by atoms with Gasteiger partial charge in [0.15, 0.2) is 6.61 Å². The SMILES string of the molecule is CCCCCC(/C=N\NC(=O)COc1cc(C)ccc1C)=C\c1ccccc1. The highest BCUT2D eigenvalue weighted by molar-refractivity contribution is 5.87. The van der Waals surface area contributed by atoms with Crippen LogP contribution in [0.2, 0.25) is 0 Å². The third-order valence-corrected chi connectivity index (χ3v) is 4.34. The summed E-state index contributed by atoms with van der Waals surface area (Å²) in [5.74, 6) is 0.452. The van der Waals surface area contributed by atoms with Gasteiger partial charge in [-0.2, -0.15) is 5.10 Å². The van der Waals surface area contributed by atoms with Crippen molar-refractivity contribution in [3.63, 3.8) is 0 Å². The van der Waals surface area contributed by atoms with Crippen molar-refractivity contribution in [1.82, 2.24) is 5.43 Å². The van der Waals surface area contributed by atoms with E-state index in [1.54, 1.807) is 6.21 Å². The summed E-state index contributed by atoms with van der Waals surface area (Å²) in [4.78, 5) is 12.0. The van der Waals surface area contributed by atoms with Crippen LogP contribution in [0.1, 0.15) is 49.3 Å². The largest absolute Gasteiger partial charge is 0.483 e. The lowest BCUT2D eigenvalue weighted by molar-refractivity contribution is -0.123. The van der Waals surface area contributed by atoms with E-state index in [1.165, 1.54) is 12.8 Å². The van der Waals surface area contributed by atoms with Crippen molar-refractivity contribution in [2.24, 2.45) is 5.10 Å². The first-order valence-electron chi connectivity index (χ1n) is 9.86. The van der Waals surface area contributed by atoms with Gasteiger partial charge in [0, 0.05) is 0 Å². The molecule has 4 heteroatoms. The number of unbranched alkanes of at least 4 members (excludes halogenated alkanes) is 2. The number of hydrazone groups is 1. The molecule has 0 saturated heterocycles. The van der Waals surface area contributed by atoms with Gasteiger partial charge in [-0.1, -0.05) is 68.3 Å². The zero-order valence-electron chi connectivity index (χ0n) is 17.1. The molecular weight excluding hydrogens is 348 g/mol. The number of amides is 1. The highest BCUT2D eigenvalue weighted by atomic mass is 16.5. The number of hydrogen-bond donors (Lipinski definition) is 1.